The van der Waals surface area contributed by atoms with Crippen LogP contribution in [0.5, 0.6) is 28.7 Å². The third-order valence-electron chi connectivity index (χ3n) is 10.5. The average molecular weight is 672 g/mol. The van der Waals surface area contributed by atoms with Crippen LogP contribution in [0.25, 0.3) is 39.1 Å². The number of fused-ring (bicyclic) bond motifs is 8. The lowest BCUT2D eigenvalue weighted by Gasteiger charge is -2.38. The smallest absolute Gasteiger partial charge is 0.178 e. The second kappa shape index (κ2) is 12.0. The van der Waals surface area contributed by atoms with Crippen molar-refractivity contribution in [2.24, 2.45) is 0 Å². The first-order valence-corrected chi connectivity index (χ1v) is 16.8. The van der Waals surface area contributed by atoms with Crippen molar-refractivity contribution < 1.29 is 23.7 Å². The fourth-order valence-corrected chi connectivity index (χ4v) is 7.88. The van der Waals surface area contributed by atoms with E-state index in [0.717, 1.165) is 61.4 Å². The Balaban J connectivity index is 1.40. The summed E-state index contributed by atoms with van der Waals surface area (Å²) < 4.78 is 30.3. The molecule has 0 spiro atoms. The highest BCUT2D eigenvalue weighted by molar-refractivity contribution is 6.10. The summed E-state index contributed by atoms with van der Waals surface area (Å²) in [7, 11) is 6.67. The molecule has 6 nitrogen and oxygen atoms in total. The van der Waals surface area contributed by atoms with E-state index in [2.05, 4.69) is 80.6 Å². The van der Waals surface area contributed by atoms with Gasteiger partial charge in [0.25, 0.3) is 0 Å². The van der Waals surface area contributed by atoms with Crippen LogP contribution in [0.15, 0.2) is 109 Å². The molecular formula is C45H37NO5. The summed E-state index contributed by atoms with van der Waals surface area (Å²) in [5.41, 5.74) is 9.15. The summed E-state index contributed by atoms with van der Waals surface area (Å²) in [5, 5.41) is 11.3. The van der Waals surface area contributed by atoms with Crippen LogP contribution in [-0.2, 0) is 11.0 Å². The first-order chi connectivity index (χ1) is 24.8. The largest absolute Gasteiger partial charge is 0.497 e. The van der Waals surface area contributed by atoms with Crippen molar-refractivity contribution >= 4 is 16.8 Å². The van der Waals surface area contributed by atoms with Crippen LogP contribution in [0.2, 0.25) is 0 Å². The molecule has 0 N–H and O–H groups in total. The van der Waals surface area contributed by atoms with Crippen LogP contribution in [0, 0.1) is 11.3 Å². The highest BCUT2D eigenvalue weighted by atomic mass is 16.5. The van der Waals surface area contributed by atoms with Crippen molar-refractivity contribution in [1.82, 2.24) is 0 Å². The van der Waals surface area contributed by atoms with Crippen molar-refractivity contribution in [3.63, 3.8) is 0 Å². The molecule has 51 heavy (non-hydrogen) atoms. The lowest BCUT2D eigenvalue weighted by molar-refractivity contribution is 0.163. The normalized spacial score (nSPS) is 14.5. The Labute approximate surface area is 298 Å². The van der Waals surface area contributed by atoms with Gasteiger partial charge in [-0.2, -0.15) is 5.26 Å². The van der Waals surface area contributed by atoms with Gasteiger partial charge in [0.05, 0.1) is 40.1 Å². The average Bonchev–Trinajstić information content (AvgIpc) is 3.43. The van der Waals surface area contributed by atoms with E-state index in [4.69, 9.17) is 23.7 Å². The second-order valence-electron chi connectivity index (χ2n) is 13.4. The van der Waals surface area contributed by atoms with Gasteiger partial charge in [-0.3, -0.25) is 0 Å². The monoisotopic (exact) mass is 671 g/mol. The molecular weight excluding hydrogens is 634 g/mol. The van der Waals surface area contributed by atoms with Gasteiger partial charge in [0.1, 0.15) is 17.2 Å². The molecule has 6 heteroatoms. The third-order valence-corrected chi connectivity index (χ3v) is 10.5. The number of hydrogen-bond acceptors (Lipinski definition) is 6. The summed E-state index contributed by atoms with van der Waals surface area (Å²) in [4.78, 5) is 0. The van der Waals surface area contributed by atoms with E-state index in [-0.39, 0.29) is 5.41 Å². The maximum absolute atomic E-state index is 9.36. The molecule has 2 aliphatic rings. The molecule has 0 radical (unpaired) electrons. The van der Waals surface area contributed by atoms with Gasteiger partial charge in [0.2, 0.25) is 0 Å². The summed E-state index contributed by atoms with van der Waals surface area (Å²) in [5.74, 6) is 3.58. The van der Waals surface area contributed by atoms with Crippen LogP contribution in [0.4, 0.5) is 0 Å². The minimum atomic E-state index is -0.960. The number of nitrogens with zero attached hydrogens (tertiary/aromatic N) is 1. The van der Waals surface area contributed by atoms with E-state index < -0.39 is 5.60 Å². The van der Waals surface area contributed by atoms with E-state index in [1.165, 1.54) is 16.7 Å². The lowest BCUT2D eigenvalue weighted by atomic mass is 9.76. The maximum atomic E-state index is 9.36. The van der Waals surface area contributed by atoms with E-state index in [0.29, 0.717) is 17.1 Å². The molecule has 0 atom stereocenters. The van der Waals surface area contributed by atoms with Gasteiger partial charge in [-0.05, 0) is 99.4 Å². The quantitative estimate of drug-likeness (QED) is 0.168. The molecule has 1 aliphatic carbocycles. The molecule has 0 bridgehead atoms. The first-order valence-electron chi connectivity index (χ1n) is 16.8. The second-order valence-corrected chi connectivity index (χ2v) is 13.4. The number of methoxy groups -OCH3 is 4. The molecule has 6 aromatic carbocycles. The van der Waals surface area contributed by atoms with Gasteiger partial charge in [-0.1, -0.05) is 68.5 Å². The van der Waals surface area contributed by atoms with Crippen molar-refractivity contribution in [2.45, 2.75) is 24.9 Å². The molecule has 1 heterocycles. The summed E-state index contributed by atoms with van der Waals surface area (Å²) in [6, 6.07) is 36.9. The van der Waals surface area contributed by atoms with Crippen molar-refractivity contribution in [2.75, 3.05) is 28.4 Å². The SMILES string of the molecule is COc1ccc(C2(c3ccc(OC)cc3)C=Cc3c4c(c5cc(OC)c(OC)cc5c3O2)-c2ccc(-c3ccc(C#N)cc3)cc2C4(C)C)cc1. The third kappa shape index (κ3) is 4.84. The minimum absolute atomic E-state index is 0.382. The van der Waals surface area contributed by atoms with Gasteiger partial charge in [0, 0.05) is 27.5 Å². The predicted molar refractivity (Wildman–Crippen MR) is 201 cm³/mol. The molecule has 1 aliphatic heterocycles. The van der Waals surface area contributed by atoms with Crippen molar-refractivity contribution in [1.29, 1.82) is 5.26 Å². The molecule has 0 saturated heterocycles. The number of nitriles is 1. The Bertz CT molecular complexity index is 2350. The number of ether oxygens (including phenoxy) is 5. The van der Waals surface area contributed by atoms with Crippen molar-refractivity contribution in [3.05, 3.63) is 143 Å². The van der Waals surface area contributed by atoms with E-state index in [1.807, 2.05) is 54.6 Å². The Kier molecular flexibility index (Phi) is 7.54. The fourth-order valence-electron chi connectivity index (χ4n) is 7.88. The topological polar surface area (TPSA) is 69.9 Å². The minimum Gasteiger partial charge on any atom is -0.497 e. The predicted octanol–water partition coefficient (Wildman–Crippen LogP) is 10.1. The number of rotatable bonds is 7. The van der Waals surface area contributed by atoms with Gasteiger partial charge in [-0.25, -0.2) is 0 Å². The lowest BCUT2D eigenvalue weighted by Crippen LogP contribution is -2.35. The van der Waals surface area contributed by atoms with Crippen LogP contribution in [0.3, 0.4) is 0 Å². The van der Waals surface area contributed by atoms with E-state index >= 15 is 0 Å². The van der Waals surface area contributed by atoms with Crippen LogP contribution in [0.1, 0.15) is 47.2 Å². The summed E-state index contributed by atoms with van der Waals surface area (Å²) >= 11 is 0. The standard InChI is InChI=1S/C45H37NO5/c1-44(2)38-23-29(28-9-7-27(26-46)8-10-28)11-20-34(38)41-36-24-39(49-5)40(50-6)25-37(36)43-35(42(41)44)21-22-45(51-43,30-12-16-32(47-3)17-13-30)31-14-18-33(48-4)19-15-31/h7-25H,1-6H3. The highest BCUT2D eigenvalue weighted by Crippen LogP contribution is 2.59. The first kappa shape index (κ1) is 32.0. The van der Waals surface area contributed by atoms with Crippen molar-refractivity contribution in [3.8, 4) is 57.1 Å². The fraction of sp³-hybridized carbons (Fsp3) is 0.178. The molecule has 0 fully saturated rings. The Morgan fingerprint density at radius 3 is 1.75 bits per heavy atom. The molecule has 0 amide bonds. The van der Waals surface area contributed by atoms with Gasteiger partial charge in [-0.15, -0.1) is 0 Å². The van der Waals surface area contributed by atoms with Gasteiger partial charge < -0.3 is 23.7 Å². The van der Waals surface area contributed by atoms with Crippen LogP contribution in [-0.4, -0.2) is 28.4 Å². The van der Waals surface area contributed by atoms with Gasteiger partial charge >= 0.3 is 0 Å². The zero-order valence-electron chi connectivity index (χ0n) is 29.5. The molecule has 0 aromatic heterocycles. The van der Waals surface area contributed by atoms with Crippen LogP contribution < -0.4 is 23.7 Å². The molecule has 0 saturated carbocycles. The van der Waals surface area contributed by atoms with Crippen LogP contribution >= 0.6 is 0 Å². The summed E-state index contributed by atoms with van der Waals surface area (Å²) in [6.07, 6.45) is 4.41. The van der Waals surface area contributed by atoms with E-state index in [9.17, 15) is 5.26 Å². The summed E-state index contributed by atoms with van der Waals surface area (Å²) in [6.45, 7) is 4.57. The Morgan fingerprint density at radius 1 is 0.627 bits per heavy atom. The Hall–Kier alpha value is -6.19. The maximum Gasteiger partial charge on any atom is 0.178 e. The molecule has 0 unspecified atom stereocenters. The zero-order valence-corrected chi connectivity index (χ0v) is 29.5. The number of hydrogen-bond donors (Lipinski definition) is 0. The molecule has 8 rings (SSSR count). The Morgan fingerprint density at radius 2 is 1.20 bits per heavy atom. The van der Waals surface area contributed by atoms with Gasteiger partial charge in [0.15, 0.2) is 17.1 Å². The molecule has 252 valence electrons. The zero-order chi connectivity index (χ0) is 35.5. The molecule has 6 aromatic rings. The number of benzene rings is 6. The van der Waals surface area contributed by atoms with E-state index in [1.54, 1.807) is 28.4 Å². The highest BCUT2D eigenvalue weighted by Gasteiger charge is 2.44.